The number of urea groups is 1. The Morgan fingerprint density at radius 3 is 2.45 bits per heavy atom. The lowest BCUT2D eigenvalue weighted by atomic mass is 9.90. The molecule has 0 bridgehead atoms. The number of anilines is 1. The molecule has 1 aliphatic heterocycles. The van der Waals surface area contributed by atoms with Crippen LogP contribution in [-0.2, 0) is 25.8 Å². The zero-order valence-corrected chi connectivity index (χ0v) is 19.4. The molecule has 2 amide bonds. The van der Waals surface area contributed by atoms with Gasteiger partial charge in [-0.2, -0.15) is 5.10 Å². The number of fused-ring (bicyclic) bond motifs is 1. The summed E-state index contributed by atoms with van der Waals surface area (Å²) in [5, 5.41) is 10.6. The maximum Gasteiger partial charge on any atom is 0.316 e. The zero-order chi connectivity index (χ0) is 23.9. The molecule has 4 N–H and O–H groups in total. The van der Waals surface area contributed by atoms with Crippen LogP contribution < -0.4 is 16.4 Å². The van der Waals surface area contributed by atoms with Crippen molar-refractivity contribution < 1.29 is 13.6 Å². The molecule has 3 aromatic rings. The third-order valence-electron chi connectivity index (χ3n) is 6.17. The predicted octanol–water partition coefficient (Wildman–Crippen LogP) is 4.86. The van der Waals surface area contributed by atoms with Gasteiger partial charge in [-0.3, -0.25) is 0 Å². The summed E-state index contributed by atoms with van der Waals surface area (Å²) in [5.41, 5.74) is 10.0. The van der Waals surface area contributed by atoms with Gasteiger partial charge in [-0.1, -0.05) is 32.0 Å². The number of nitrogens with two attached hydrogens (primary N) is 1. The van der Waals surface area contributed by atoms with E-state index in [1.54, 1.807) is 4.68 Å². The van der Waals surface area contributed by atoms with Crippen LogP contribution in [0.5, 0.6) is 0 Å². The van der Waals surface area contributed by atoms with E-state index in [0.717, 1.165) is 53.0 Å². The number of amides is 2. The first kappa shape index (κ1) is 22.9. The second kappa shape index (κ2) is 8.59. The van der Waals surface area contributed by atoms with Gasteiger partial charge in [-0.05, 0) is 43.9 Å². The minimum absolute atomic E-state index is 0.0886. The highest BCUT2D eigenvalue weighted by molar-refractivity contribution is 5.88. The average Bonchev–Trinajstić information content (AvgIpc) is 3.11. The molecule has 2 heterocycles. The second-order valence-electron chi connectivity index (χ2n) is 9.03. The van der Waals surface area contributed by atoms with Crippen molar-refractivity contribution in [3.8, 4) is 16.9 Å². The van der Waals surface area contributed by atoms with Crippen LogP contribution in [0, 0.1) is 11.6 Å². The fraction of sp³-hybridized carbons (Fsp3) is 0.360. The molecule has 6 nitrogen and oxygen atoms in total. The number of rotatable bonds is 5. The number of aromatic nitrogens is 2. The van der Waals surface area contributed by atoms with Crippen molar-refractivity contribution in [1.29, 1.82) is 0 Å². The Labute approximate surface area is 192 Å². The van der Waals surface area contributed by atoms with Gasteiger partial charge in [-0.15, -0.1) is 0 Å². The highest BCUT2D eigenvalue weighted by Crippen LogP contribution is 2.38. The highest BCUT2D eigenvalue weighted by Gasteiger charge is 2.33. The Morgan fingerprint density at radius 1 is 1.18 bits per heavy atom. The van der Waals surface area contributed by atoms with Gasteiger partial charge in [0.25, 0.3) is 0 Å². The zero-order valence-electron chi connectivity index (χ0n) is 19.4. The normalized spacial score (nSPS) is 14.7. The number of halogens is 2. The number of hydrogen-bond donors (Lipinski definition) is 3. The van der Waals surface area contributed by atoms with E-state index in [1.807, 2.05) is 18.2 Å². The molecule has 4 rings (SSSR count). The third kappa shape index (κ3) is 4.23. The minimum Gasteiger partial charge on any atom is -0.351 e. The number of hydrogen-bond acceptors (Lipinski definition) is 3. The number of aryl methyl sites for hydroxylation is 2. The minimum atomic E-state index is -0.959. The fourth-order valence-corrected chi connectivity index (χ4v) is 4.51. The first-order valence-electron chi connectivity index (χ1n) is 11.2. The largest absolute Gasteiger partial charge is 0.351 e. The molecule has 8 heteroatoms. The van der Waals surface area contributed by atoms with E-state index in [0.29, 0.717) is 18.7 Å². The fourth-order valence-electron chi connectivity index (χ4n) is 4.51. The van der Waals surface area contributed by atoms with Crippen molar-refractivity contribution in [2.45, 2.75) is 59.0 Å². The van der Waals surface area contributed by atoms with Crippen molar-refractivity contribution >= 4 is 11.7 Å². The van der Waals surface area contributed by atoms with E-state index >= 15 is 4.39 Å². The molecule has 0 saturated carbocycles. The molecule has 0 atom stereocenters. The van der Waals surface area contributed by atoms with Crippen LogP contribution in [-0.4, -0.2) is 21.4 Å². The van der Waals surface area contributed by atoms with Gasteiger partial charge in [0, 0.05) is 35.7 Å². The SMILES string of the molecule is CCc1cccc(CC)c1-n1nc2c(c1-c1cc(F)c(NC(N)=O)cc1F)CNC(C)(C)C2. The number of nitrogens with one attached hydrogen (secondary N) is 2. The van der Waals surface area contributed by atoms with E-state index in [2.05, 4.69) is 38.3 Å². The number of carbonyl (C=O) groups excluding carboxylic acids is 1. The molecule has 0 unspecified atom stereocenters. The number of nitrogens with zero attached hydrogens (tertiary/aromatic N) is 2. The van der Waals surface area contributed by atoms with Gasteiger partial charge in [0.15, 0.2) is 0 Å². The molecule has 33 heavy (non-hydrogen) atoms. The van der Waals surface area contributed by atoms with E-state index in [9.17, 15) is 9.18 Å². The summed E-state index contributed by atoms with van der Waals surface area (Å²) in [6, 6.07) is 7.20. The predicted molar refractivity (Wildman–Crippen MR) is 126 cm³/mol. The van der Waals surface area contributed by atoms with E-state index in [1.165, 1.54) is 0 Å². The van der Waals surface area contributed by atoms with Gasteiger partial charge in [0.2, 0.25) is 0 Å². The van der Waals surface area contributed by atoms with Crippen molar-refractivity contribution in [1.82, 2.24) is 15.1 Å². The molecule has 0 spiro atoms. The Hall–Kier alpha value is -3.26. The van der Waals surface area contributed by atoms with Crippen molar-refractivity contribution in [2.75, 3.05) is 5.32 Å². The lowest BCUT2D eigenvalue weighted by molar-refractivity contribution is 0.259. The first-order chi connectivity index (χ1) is 15.6. The molecular formula is C25H29F2N5O. The summed E-state index contributed by atoms with van der Waals surface area (Å²) < 4.78 is 32.1. The Balaban J connectivity index is 2.02. The lowest BCUT2D eigenvalue weighted by Crippen LogP contribution is -2.44. The maximum atomic E-state index is 15.4. The van der Waals surface area contributed by atoms with Crippen LogP contribution in [0.15, 0.2) is 30.3 Å². The topological polar surface area (TPSA) is 85.0 Å². The van der Waals surface area contributed by atoms with Gasteiger partial charge in [0.05, 0.1) is 22.8 Å². The number of primary amides is 1. The summed E-state index contributed by atoms with van der Waals surface area (Å²) in [6.07, 6.45) is 2.20. The van der Waals surface area contributed by atoms with Crippen LogP contribution in [0.1, 0.15) is 50.1 Å². The number of carbonyl (C=O) groups is 1. The van der Waals surface area contributed by atoms with Crippen molar-refractivity contribution in [3.63, 3.8) is 0 Å². The molecule has 0 radical (unpaired) electrons. The van der Waals surface area contributed by atoms with Crippen LogP contribution in [0.25, 0.3) is 16.9 Å². The molecule has 1 aromatic heterocycles. The van der Waals surface area contributed by atoms with E-state index in [-0.39, 0.29) is 16.8 Å². The summed E-state index contributed by atoms with van der Waals surface area (Å²) >= 11 is 0. The molecule has 0 aliphatic carbocycles. The average molecular weight is 454 g/mol. The van der Waals surface area contributed by atoms with Gasteiger partial charge >= 0.3 is 6.03 Å². The van der Waals surface area contributed by atoms with Crippen molar-refractivity contribution in [2.24, 2.45) is 5.73 Å². The molecule has 0 fully saturated rings. The highest BCUT2D eigenvalue weighted by atomic mass is 19.1. The maximum absolute atomic E-state index is 15.4. The smallest absolute Gasteiger partial charge is 0.316 e. The molecule has 0 saturated heterocycles. The van der Waals surface area contributed by atoms with Crippen LogP contribution in [0.2, 0.25) is 0 Å². The Bertz CT molecular complexity index is 1210. The third-order valence-corrected chi connectivity index (χ3v) is 6.17. The lowest BCUT2D eigenvalue weighted by Gasteiger charge is -2.30. The van der Waals surface area contributed by atoms with Crippen molar-refractivity contribution in [3.05, 3.63) is 64.4 Å². The number of benzene rings is 2. The summed E-state index contributed by atoms with van der Waals surface area (Å²) in [7, 11) is 0. The Morgan fingerprint density at radius 2 is 1.85 bits per heavy atom. The molecule has 174 valence electrons. The van der Waals surface area contributed by atoms with Crippen LogP contribution in [0.4, 0.5) is 19.3 Å². The molecule has 1 aliphatic rings. The standard InChI is InChI=1S/C25H29F2N5O/c1-5-14-8-7-9-15(6-2)22(14)32-23(17-13-29-25(3,4)12-21(17)31-32)16-10-19(27)20(11-18(16)26)30-24(28)33/h7-11,29H,5-6,12-13H2,1-4H3,(H3,28,30,33). The summed E-state index contributed by atoms with van der Waals surface area (Å²) in [6.45, 7) is 8.80. The molecule has 2 aromatic carbocycles. The van der Waals surface area contributed by atoms with Gasteiger partial charge in [-0.25, -0.2) is 18.3 Å². The quantitative estimate of drug-likeness (QED) is 0.516. The monoisotopic (exact) mass is 453 g/mol. The van der Waals surface area contributed by atoms with Gasteiger partial charge < -0.3 is 16.4 Å². The van der Waals surface area contributed by atoms with Crippen LogP contribution in [0.3, 0.4) is 0 Å². The first-order valence-corrected chi connectivity index (χ1v) is 11.2. The molecular weight excluding hydrogens is 424 g/mol. The van der Waals surface area contributed by atoms with Crippen LogP contribution >= 0.6 is 0 Å². The second-order valence-corrected chi connectivity index (χ2v) is 9.03. The summed E-state index contributed by atoms with van der Waals surface area (Å²) in [5.74, 6) is -1.43. The number of para-hydroxylation sites is 1. The van der Waals surface area contributed by atoms with E-state index in [4.69, 9.17) is 10.8 Å². The van der Waals surface area contributed by atoms with E-state index < -0.39 is 17.7 Å². The summed E-state index contributed by atoms with van der Waals surface area (Å²) in [4.78, 5) is 11.2. The Kier molecular flexibility index (Phi) is 5.97. The van der Waals surface area contributed by atoms with Gasteiger partial charge in [0.1, 0.15) is 11.6 Å².